The highest BCUT2D eigenvalue weighted by Crippen LogP contribution is 2.30. The quantitative estimate of drug-likeness (QED) is 0.515. The zero-order valence-corrected chi connectivity index (χ0v) is 14.4. The van der Waals surface area contributed by atoms with Crippen LogP contribution in [0.2, 0.25) is 0 Å². The predicted molar refractivity (Wildman–Crippen MR) is 97.7 cm³/mol. The summed E-state index contributed by atoms with van der Waals surface area (Å²) >= 11 is 1.62. The van der Waals surface area contributed by atoms with Gasteiger partial charge in [0.2, 0.25) is 0 Å². The maximum absolute atomic E-state index is 12.6. The Bertz CT molecular complexity index is 1020. The number of thiophene rings is 1. The number of aromatic nitrogens is 3. The second-order valence-corrected chi connectivity index (χ2v) is 6.30. The van der Waals surface area contributed by atoms with E-state index < -0.39 is 5.97 Å². The molecule has 0 atom stereocenters. The van der Waals surface area contributed by atoms with E-state index in [1.165, 1.54) is 0 Å². The lowest BCUT2D eigenvalue weighted by molar-refractivity contribution is 0.0529. The van der Waals surface area contributed by atoms with Gasteiger partial charge in [-0.3, -0.25) is 0 Å². The summed E-state index contributed by atoms with van der Waals surface area (Å²) in [5, 5.41) is 6.71. The second kappa shape index (κ2) is 6.49. The van der Waals surface area contributed by atoms with Crippen molar-refractivity contribution in [1.29, 1.82) is 0 Å². The lowest BCUT2D eigenvalue weighted by Gasteiger charge is -2.03. The lowest BCUT2D eigenvalue weighted by Crippen LogP contribution is -2.06. The van der Waals surface area contributed by atoms with Gasteiger partial charge in [-0.2, -0.15) is 5.10 Å². The van der Waals surface area contributed by atoms with E-state index >= 15 is 0 Å². The second-order valence-electron chi connectivity index (χ2n) is 5.35. The van der Waals surface area contributed by atoms with Crippen molar-refractivity contribution in [3.8, 4) is 21.8 Å². The summed E-state index contributed by atoms with van der Waals surface area (Å²) in [6.07, 6.45) is 1.70. The zero-order valence-electron chi connectivity index (χ0n) is 13.5. The summed E-state index contributed by atoms with van der Waals surface area (Å²) < 4.78 is 6.98. The van der Waals surface area contributed by atoms with Gasteiger partial charge in [0.05, 0.1) is 17.2 Å². The normalized spacial score (nSPS) is 10.9. The molecule has 25 heavy (non-hydrogen) atoms. The number of benzene rings is 1. The fourth-order valence-corrected chi connectivity index (χ4v) is 3.48. The maximum Gasteiger partial charge on any atom is 0.344 e. The van der Waals surface area contributed by atoms with Gasteiger partial charge in [0.1, 0.15) is 11.3 Å². The Morgan fingerprint density at radius 3 is 2.72 bits per heavy atom. The molecule has 124 valence electrons. The molecule has 0 unspecified atom stereocenters. The Morgan fingerprint density at radius 2 is 2.00 bits per heavy atom. The molecule has 1 aromatic carbocycles. The molecule has 0 saturated carbocycles. The van der Waals surface area contributed by atoms with Crippen LogP contribution in [0.4, 0.5) is 0 Å². The molecule has 0 aliphatic rings. The van der Waals surface area contributed by atoms with Gasteiger partial charge in [0.25, 0.3) is 0 Å². The molecule has 5 nitrogen and oxygen atoms in total. The first-order chi connectivity index (χ1) is 12.3. The number of hydrogen-bond donors (Lipinski definition) is 0. The van der Waals surface area contributed by atoms with Crippen LogP contribution in [0.25, 0.3) is 27.5 Å². The molecule has 3 aromatic heterocycles. The van der Waals surface area contributed by atoms with E-state index in [4.69, 9.17) is 9.84 Å². The fraction of sp³-hybridized carbons (Fsp3) is 0.105. The minimum absolute atomic E-state index is 0.301. The Kier molecular flexibility index (Phi) is 4.03. The standard InChI is InChI=1S/C19H15N3O2S/c1-2-24-19(23)16-17(13-7-4-3-5-8-13)21-22-14(10-11-20-18(16)22)15-9-6-12-25-15/h3-12H,2H2,1H3. The highest BCUT2D eigenvalue weighted by Gasteiger charge is 2.24. The summed E-state index contributed by atoms with van der Waals surface area (Å²) in [4.78, 5) is 18.1. The van der Waals surface area contributed by atoms with Crippen LogP contribution in [0.1, 0.15) is 17.3 Å². The summed E-state index contributed by atoms with van der Waals surface area (Å²) in [6, 6.07) is 15.5. The van der Waals surface area contributed by atoms with Crippen molar-refractivity contribution >= 4 is 23.0 Å². The molecular formula is C19H15N3O2S. The van der Waals surface area contributed by atoms with Crippen LogP contribution in [-0.2, 0) is 4.74 Å². The molecule has 0 bridgehead atoms. The summed E-state index contributed by atoms with van der Waals surface area (Å²) in [6.45, 7) is 2.09. The molecule has 0 aliphatic carbocycles. The molecule has 6 heteroatoms. The third kappa shape index (κ3) is 2.70. The summed E-state index contributed by atoms with van der Waals surface area (Å²) in [5.74, 6) is -0.410. The summed E-state index contributed by atoms with van der Waals surface area (Å²) in [5.41, 5.74) is 3.23. The van der Waals surface area contributed by atoms with Gasteiger partial charge in [-0.1, -0.05) is 36.4 Å². The topological polar surface area (TPSA) is 56.5 Å². The Labute approximate surface area is 148 Å². The number of rotatable bonds is 4. The minimum Gasteiger partial charge on any atom is -0.462 e. The predicted octanol–water partition coefficient (Wildman–Crippen LogP) is 4.30. The van der Waals surface area contributed by atoms with Crippen molar-refractivity contribution in [3.05, 3.63) is 65.7 Å². The minimum atomic E-state index is -0.410. The number of esters is 1. The summed E-state index contributed by atoms with van der Waals surface area (Å²) in [7, 11) is 0. The number of carbonyl (C=O) groups is 1. The van der Waals surface area contributed by atoms with Crippen molar-refractivity contribution < 1.29 is 9.53 Å². The van der Waals surface area contributed by atoms with E-state index in [-0.39, 0.29) is 0 Å². The molecule has 4 rings (SSSR count). The number of nitrogens with zero attached hydrogens (tertiary/aromatic N) is 3. The van der Waals surface area contributed by atoms with Gasteiger partial charge < -0.3 is 4.74 Å². The monoisotopic (exact) mass is 349 g/mol. The molecule has 0 amide bonds. The molecule has 3 heterocycles. The van der Waals surface area contributed by atoms with E-state index in [0.717, 1.165) is 16.1 Å². The van der Waals surface area contributed by atoms with Crippen LogP contribution >= 0.6 is 11.3 Å². The van der Waals surface area contributed by atoms with E-state index in [1.807, 2.05) is 53.9 Å². The van der Waals surface area contributed by atoms with Crippen LogP contribution < -0.4 is 0 Å². The highest BCUT2D eigenvalue weighted by molar-refractivity contribution is 7.13. The third-order valence-corrected chi connectivity index (χ3v) is 4.71. The average Bonchev–Trinajstić information content (AvgIpc) is 3.30. The van der Waals surface area contributed by atoms with E-state index in [1.54, 1.807) is 29.0 Å². The molecule has 0 radical (unpaired) electrons. The molecular weight excluding hydrogens is 334 g/mol. The van der Waals surface area contributed by atoms with Gasteiger partial charge in [-0.25, -0.2) is 14.3 Å². The van der Waals surface area contributed by atoms with Crippen LogP contribution in [-0.4, -0.2) is 27.2 Å². The van der Waals surface area contributed by atoms with E-state index in [9.17, 15) is 4.79 Å². The highest BCUT2D eigenvalue weighted by atomic mass is 32.1. The van der Waals surface area contributed by atoms with Crippen LogP contribution in [0, 0.1) is 0 Å². The number of ether oxygens (including phenoxy) is 1. The van der Waals surface area contributed by atoms with Gasteiger partial charge >= 0.3 is 5.97 Å². The van der Waals surface area contributed by atoms with Crippen molar-refractivity contribution in [1.82, 2.24) is 14.6 Å². The van der Waals surface area contributed by atoms with Gasteiger partial charge in [-0.15, -0.1) is 11.3 Å². The van der Waals surface area contributed by atoms with E-state index in [2.05, 4.69) is 4.98 Å². The Morgan fingerprint density at radius 1 is 1.16 bits per heavy atom. The Hall–Kier alpha value is -2.99. The molecule has 4 aromatic rings. The Balaban J connectivity index is 2.02. The number of carbonyl (C=O) groups excluding carboxylic acids is 1. The van der Waals surface area contributed by atoms with Crippen molar-refractivity contribution in [2.24, 2.45) is 0 Å². The number of fused-ring (bicyclic) bond motifs is 1. The van der Waals surface area contributed by atoms with Gasteiger partial charge in [0.15, 0.2) is 5.65 Å². The lowest BCUT2D eigenvalue weighted by atomic mass is 10.1. The average molecular weight is 349 g/mol. The zero-order chi connectivity index (χ0) is 17.2. The number of hydrogen-bond acceptors (Lipinski definition) is 5. The van der Waals surface area contributed by atoms with Crippen molar-refractivity contribution in [2.45, 2.75) is 6.92 Å². The SMILES string of the molecule is CCOC(=O)c1c(-c2ccccc2)nn2c(-c3cccs3)ccnc12. The van der Waals surface area contributed by atoms with Gasteiger partial charge in [0, 0.05) is 11.8 Å². The maximum atomic E-state index is 12.6. The molecule has 0 N–H and O–H groups in total. The largest absolute Gasteiger partial charge is 0.462 e. The molecule has 0 saturated heterocycles. The molecule has 0 fully saturated rings. The van der Waals surface area contributed by atoms with Crippen LogP contribution in [0.3, 0.4) is 0 Å². The van der Waals surface area contributed by atoms with E-state index in [0.29, 0.717) is 23.5 Å². The van der Waals surface area contributed by atoms with Crippen LogP contribution in [0.15, 0.2) is 60.1 Å². The van der Waals surface area contributed by atoms with Crippen LogP contribution in [0.5, 0.6) is 0 Å². The smallest absolute Gasteiger partial charge is 0.344 e. The molecule has 0 spiro atoms. The van der Waals surface area contributed by atoms with Crippen molar-refractivity contribution in [3.63, 3.8) is 0 Å². The first-order valence-electron chi connectivity index (χ1n) is 7.93. The first kappa shape index (κ1) is 15.5. The van der Waals surface area contributed by atoms with Gasteiger partial charge in [-0.05, 0) is 24.4 Å². The third-order valence-electron chi connectivity index (χ3n) is 3.82. The first-order valence-corrected chi connectivity index (χ1v) is 8.81. The molecule has 0 aliphatic heterocycles. The van der Waals surface area contributed by atoms with Crippen molar-refractivity contribution in [2.75, 3.05) is 6.61 Å². The fourth-order valence-electron chi connectivity index (χ4n) is 2.75.